The maximum absolute atomic E-state index is 13.1. The van der Waals surface area contributed by atoms with Crippen LogP contribution in [0.1, 0.15) is 362 Å². The molecule has 5 atom stereocenters. The summed E-state index contributed by atoms with van der Waals surface area (Å²) in [5.41, 5.74) is 0. The number of ether oxygens (including phenoxy) is 4. The van der Waals surface area contributed by atoms with Crippen molar-refractivity contribution in [1.82, 2.24) is 0 Å². The monoisotopic (exact) mass is 1480 g/mol. The van der Waals surface area contributed by atoms with E-state index in [9.17, 15) is 43.2 Å². The third kappa shape index (κ3) is 74.5. The molecule has 0 saturated heterocycles. The number of aliphatic hydroxyl groups is 1. The second-order valence-electron chi connectivity index (χ2n) is 27.4. The summed E-state index contributed by atoms with van der Waals surface area (Å²) in [7, 11) is -9.97. The number of esters is 4. The number of unbranched alkanes of at least 4 members (excludes halogenated alkanes) is 37. The van der Waals surface area contributed by atoms with E-state index < -0.39 is 97.5 Å². The molecule has 102 heavy (non-hydrogen) atoms. The zero-order valence-electron chi connectivity index (χ0n) is 64.8. The van der Waals surface area contributed by atoms with Gasteiger partial charge in [0.2, 0.25) is 0 Å². The van der Waals surface area contributed by atoms with E-state index in [2.05, 4.69) is 101 Å². The molecule has 3 N–H and O–H groups in total. The zero-order valence-corrected chi connectivity index (χ0v) is 66.6. The highest BCUT2D eigenvalue weighted by atomic mass is 31.2. The van der Waals surface area contributed by atoms with E-state index in [1.165, 1.54) is 148 Å². The molecule has 0 fully saturated rings. The van der Waals surface area contributed by atoms with Crippen LogP contribution in [-0.2, 0) is 65.4 Å². The first kappa shape index (κ1) is 98.2. The molecular weight excluding hydrogens is 1330 g/mol. The van der Waals surface area contributed by atoms with Crippen LogP contribution in [0.2, 0.25) is 0 Å². The standard InChI is InChI=1S/C83H148O17P2/c1-5-9-13-17-21-25-29-33-37-38-42-46-50-54-58-62-66-70-83(88)100-79(74-94-81(86)68-64-60-56-52-48-44-40-35-31-27-23-19-15-11-7-3)76-98-102(91,92)96-72-77(84)71-95-101(89,90)97-75-78(99-82(87)69-65-61-57-53-49-45-41-36-32-28-24-20-16-12-8-4)73-93-80(85)67-63-59-55-51-47-43-39-34-30-26-22-18-14-10-6-2/h21,23,25,27,33,35-37,40-42,46,54,58,77-79,84H,5-20,22,24,26,28-32,34,38-39,43-45,47-53,55-57,59-76H2,1-4H3,(H,89,90)(H,91,92)/b25-21-,27-23-,37-33-,40-35-,41-36-,46-42-,58-54-/t77-,78-,79-/m1/s1. The fourth-order valence-corrected chi connectivity index (χ4v) is 12.6. The summed E-state index contributed by atoms with van der Waals surface area (Å²) >= 11 is 0. The summed E-state index contributed by atoms with van der Waals surface area (Å²) in [6.07, 6.45) is 78.5. The molecular formula is C83H148O17P2. The van der Waals surface area contributed by atoms with Crippen LogP contribution in [0.4, 0.5) is 0 Å². The van der Waals surface area contributed by atoms with Crippen LogP contribution in [-0.4, -0.2) is 96.7 Å². The first-order chi connectivity index (χ1) is 49.7. The molecule has 0 amide bonds. The molecule has 0 rings (SSSR count). The van der Waals surface area contributed by atoms with Crippen molar-refractivity contribution in [2.24, 2.45) is 0 Å². The molecule has 0 radical (unpaired) electrons. The number of hydrogen-bond acceptors (Lipinski definition) is 15. The van der Waals surface area contributed by atoms with Crippen molar-refractivity contribution >= 4 is 39.5 Å². The van der Waals surface area contributed by atoms with E-state index in [1.54, 1.807) is 0 Å². The fourth-order valence-electron chi connectivity index (χ4n) is 11.1. The van der Waals surface area contributed by atoms with Gasteiger partial charge in [0.05, 0.1) is 26.4 Å². The molecule has 0 spiro atoms. The first-order valence-corrected chi connectivity index (χ1v) is 43.8. The molecule has 0 aliphatic carbocycles. The lowest BCUT2D eigenvalue weighted by Gasteiger charge is -2.21. The lowest BCUT2D eigenvalue weighted by atomic mass is 10.0. The van der Waals surface area contributed by atoms with Gasteiger partial charge in [0.25, 0.3) is 0 Å². The molecule has 0 aliphatic rings. The van der Waals surface area contributed by atoms with Gasteiger partial charge in [0.1, 0.15) is 19.3 Å². The number of allylic oxidation sites excluding steroid dienone is 14. The summed E-state index contributed by atoms with van der Waals surface area (Å²) in [6, 6.07) is 0. The minimum atomic E-state index is -4.99. The van der Waals surface area contributed by atoms with Crippen LogP contribution in [0.3, 0.4) is 0 Å². The largest absolute Gasteiger partial charge is 0.472 e. The maximum atomic E-state index is 13.1. The number of hydrogen-bond donors (Lipinski definition) is 3. The lowest BCUT2D eigenvalue weighted by Crippen LogP contribution is -2.30. The third-order valence-corrected chi connectivity index (χ3v) is 19.2. The maximum Gasteiger partial charge on any atom is 0.472 e. The van der Waals surface area contributed by atoms with Crippen molar-refractivity contribution in [2.45, 2.75) is 380 Å². The summed E-state index contributed by atoms with van der Waals surface area (Å²) in [5, 5.41) is 10.6. The molecule has 0 aliphatic heterocycles. The number of phosphoric acid groups is 2. The average molecular weight is 1480 g/mol. The minimum Gasteiger partial charge on any atom is -0.462 e. The van der Waals surface area contributed by atoms with Gasteiger partial charge in [-0.05, 0) is 122 Å². The normalized spacial score (nSPS) is 14.3. The molecule has 0 heterocycles. The van der Waals surface area contributed by atoms with Crippen molar-refractivity contribution in [3.63, 3.8) is 0 Å². The number of phosphoric ester groups is 2. The van der Waals surface area contributed by atoms with Gasteiger partial charge in [0.15, 0.2) is 12.2 Å². The predicted octanol–water partition coefficient (Wildman–Crippen LogP) is 23.8. The highest BCUT2D eigenvalue weighted by Crippen LogP contribution is 2.45. The fraction of sp³-hybridized carbons (Fsp3) is 0.783. The van der Waals surface area contributed by atoms with Crippen molar-refractivity contribution in [2.75, 3.05) is 39.6 Å². The molecule has 592 valence electrons. The van der Waals surface area contributed by atoms with Crippen molar-refractivity contribution in [1.29, 1.82) is 0 Å². The van der Waals surface area contributed by atoms with Gasteiger partial charge in [-0.25, -0.2) is 9.13 Å². The Hall–Kier alpha value is -3.76. The topological polar surface area (TPSA) is 237 Å². The highest BCUT2D eigenvalue weighted by molar-refractivity contribution is 7.47. The van der Waals surface area contributed by atoms with E-state index in [1.807, 2.05) is 12.2 Å². The predicted molar refractivity (Wildman–Crippen MR) is 418 cm³/mol. The SMILES string of the molecule is CCCCC/C=C\C/C=C\C/C=C\C/C=C\CCCC(=O)O[C@H](COC(=O)CCCCCCC/C=C\C/C=C\CCCCC)COP(=O)(O)OC[C@H](O)COP(=O)(O)OC[C@@H](COC(=O)CCCCCCCCCCCCCCCCC)OC(=O)CCCCCCC/C=C\CCCCCCCC. The molecule has 0 aromatic carbocycles. The van der Waals surface area contributed by atoms with Crippen LogP contribution in [0.5, 0.6) is 0 Å². The van der Waals surface area contributed by atoms with Gasteiger partial charge >= 0.3 is 39.5 Å². The van der Waals surface area contributed by atoms with E-state index in [0.717, 1.165) is 128 Å². The van der Waals surface area contributed by atoms with Gasteiger partial charge in [-0.15, -0.1) is 0 Å². The third-order valence-electron chi connectivity index (χ3n) is 17.3. The van der Waals surface area contributed by atoms with E-state index >= 15 is 0 Å². The Balaban J connectivity index is 5.41. The van der Waals surface area contributed by atoms with E-state index in [4.69, 9.17) is 37.0 Å². The summed E-state index contributed by atoms with van der Waals surface area (Å²) < 4.78 is 68.6. The average Bonchev–Trinajstić information content (AvgIpc) is 0.917. The second-order valence-corrected chi connectivity index (χ2v) is 30.3. The summed E-state index contributed by atoms with van der Waals surface area (Å²) in [5.74, 6) is -2.24. The van der Waals surface area contributed by atoms with Crippen LogP contribution < -0.4 is 0 Å². The summed E-state index contributed by atoms with van der Waals surface area (Å²) in [4.78, 5) is 73.0. The lowest BCUT2D eigenvalue weighted by molar-refractivity contribution is -0.161. The van der Waals surface area contributed by atoms with Crippen LogP contribution in [0, 0.1) is 0 Å². The Labute approximate surface area is 621 Å². The number of carbonyl (C=O) groups is 4. The Bertz CT molecular complexity index is 2260. The molecule has 0 aromatic heterocycles. The van der Waals surface area contributed by atoms with Gasteiger partial charge in [-0.3, -0.25) is 37.3 Å². The quantitative estimate of drug-likeness (QED) is 0.0169. The highest BCUT2D eigenvalue weighted by Gasteiger charge is 2.30. The van der Waals surface area contributed by atoms with Gasteiger partial charge in [-0.2, -0.15) is 0 Å². The smallest absolute Gasteiger partial charge is 0.462 e. The number of rotatable bonds is 77. The van der Waals surface area contributed by atoms with Crippen LogP contribution in [0.15, 0.2) is 85.1 Å². The number of aliphatic hydroxyl groups excluding tert-OH is 1. The molecule has 0 bridgehead atoms. The Morgan fingerprint density at radius 1 is 0.275 bits per heavy atom. The van der Waals surface area contributed by atoms with Crippen molar-refractivity contribution in [3.8, 4) is 0 Å². The van der Waals surface area contributed by atoms with Crippen LogP contribution >= 0.6 is 15.6 Å². The Morgan fingerprint density at radius 3 is 0.804 bits per heavy atom. The van der Waals surface area contributed by atoms with Crippen molar-refractivity contribution < 1.29 is 80.2 Å². The first-order valence-electron chi connectivity index (χ1n) is 40.8. The van der Waals surface area contributed by atoms with Crippen LogP contribution in [0.25, 0.3) is 0 Å². The Morgan fingerprint density at radius 2 is 0.490 bits per heavy atom. The number of carbonyl (C=O) groups excluding carboxylic acids is 4. The molecule has 2 unspecified atom stereocenters. The molecule has 19 heteroatoms. The van der Waals surface area contributed by atoms with Crippen molar-refractivity contribution in [3.05, 3.63) is 85.1 Å². The zero-order chi connectivity index (χ0) is 74.6. The second kappa shape index (κ2) is 75.5. The van der Waals surface area contributed by atoms with Gasteiger partial charge in [-0.1, -0.05) is 299 Å². The van der Waals surface area contributed by atoms with Gasteiger partial charge < -0.3 is 33.8 Å². The Kier molecular flexibility index (Phi) is 72.7. The minimum absolute atomic E-state index is 0.0172. The molecule has 0 saturated carbocycles. The summed E-state index contributed by atoms with van der Waals surface area (Å²) in [6.45, 7) is 4.79. The molecule has 17 nitrogen and oxygen atoms in total. The van der Waals surface area contributed by atoms with E-state index in [0.29, 0.717) is 32.1 Å². The van der Waals surface area contributed by atoms with Gasteiger partial charge in [0, 0.05) is 25.7 Å². The molecule has 0 aromatic rings. The van der Waals surface area contributed by atoms with E-state index in [-0.39, 0.29) is 25.7 Å².